The van der Waals surface area contributed by atoms with Crippen LogP contribution in [-0.4, -0.2) is 30.4 Å². The third-order valence-electron chi connectivity index (χ3n) is 3.92. The van der Waals surface area contributed by atoms with Crippen molar-refractivity contribution in [2.75, 3.05) is 19.6 Å². The second kappa shape index (κ2) is 6.64. The molecule has 1 aromatic rings. The van der Waals surface area contributed by atoms with Crippen LogP contribution in [0.15, 0.2) is 18.2 Å². The highest BCUT2D eigenvalue weighted by Gasteiger charge is 2.36. The number of amides is 1. The summed E-state index contributed by atoms with van der Waals surface area (Å²) < 4.78 is 52.2. The molecule has 0 aliphatic carbocycles. The smallest absolute Gasteiger partial charge is 0.338 e. The summed E-state index contributed by atoms with van der Waals surface area (Å²) in [6, 6.07) is 2.79. The number of piperidine rings is 1. The van der Waals surface area contributed by atoms with Crippen molar-refractivity contribution in [3.05, 3.63) is 35.1 Å². The molecule has 1 unspecified atom stereocenters. The second-order valence-corrected chi connectivity index (χ2v) is 5.50. The van der Waals surface area contributed by atoms with Gasteiger partial charge in [-0.15, -0.1) is 0 Å². The van der Waals surface area contributed by atoms with Crippen LogP contribution in [-0.2, 0) is 6.18 Å². The van der Waals surface area contributed by atoms with E-state index in [9.17, 15) is 22.4 Å². The van der Waals surface area contributed by atoms with Gasteiger partial charge in [-0.1, -0.05) is 6.07 Å². The van der Waals surface area contributed by atoms with E-state index in [2.05, 4.69) is 0 Å². The van der Waals surface area contributed by atoms with E-state index in [1.54, 1.807) is 0 Å². The zero-order valence-electron chi connectivity index (χ0n) is 12.0. The van der Waals surface area contributed by atoms with Crippen molar-refractivity contribution in [1.29, 1.82) is 0 Å². The molecule has 122 valence electrons. The minimum atomic E-state index is -4.82. The lowest BCUT2D eigenvalue weighted by atomic mass is 9.94. The number of nitrogens with two attached hydrogens (primary N) is 1. The maximum absolute atomic E-state index is 14.0. The van der Waals surface area contributed by atoms with Crippen molar-refractivity contribution in [1.82, 2.24) is 4.90 Å². The fourth-order valence-electron chi connectivity index (χ4n) is 2.81. The van der Waals surface area contributed by atoms with Gasteiger partial charge in [0.15, 0.2) is 0 Å². The summed E-state index contributed by atoms with van der Waals surface area (Å²) >= 11 is 0. The third-order valence-corrected chi connectivity index (χ3v) is 3.92. The van der Waals surface area contributed by atoms with Gasteiger partial charge in [-0.05, 0) is 43.9 Å². The SMILES string of the molecule is NCCC1CCCN(C(=O)c2cccc(C(F)(F)F)c2F)C1. The van der Waals surface area contributed by atoms with E-state index >= 15 is 0 Å². The first kappa shape index (κ1) is 16.7. The van der Waals surface area contributed by atoms with Crippen LogP contribution in [0.1, 0.15) is 35.2 Å². The number of rotatable bonds is 3. The number of hydrogen-bond acceptors (Lipinski definition) is 2. The van der Waals surface area contributed by atoms with Crippen molar-refractivity contribution in [2.24, 2.45) is 11.7 Å². The molecule has 1 aliphatic rings. The number of hydrogen-bond donors (Lipinski definition) is 1. The molecular weight excluding hydrogens is 300 g/mol. The average molecular weight is 318 g/mol. The lowest BCUT2D eigenvalue weighted by Crippen LogP contribution is -2.41. The van der Waals surface area contributed by atoms with Gasteiger partial charge < -0.3 is 10.6 Å². The van der Waals surface area contributed by atoms with E-state index in [-0.39, 0.29) is 5.92 Å². The molecule has 0 aromatic heterocycles. The van der Waals surface area contributed by atoms with Gasteiger partial charge in [0.2, 0.25) is 0 Å². The van der Waals surface area contributed by atoms with Crippen molar-refractivity contribution >= 4 is 5.91 Å². The van der Waals surface area contributed by atoms with Crippen LogP contribution < -0.4 is 5.73 Å². The van der Waals surface area contributed by atoms with Gasteiger partial charge in [0.05, 0.1) is 11.1 Å². The number of halogens is 4. The normalized spacial score (nSPS) is 19.3. The number of carbonyl (C=O) groups is 1. The Balaban J connectivity index is 2.23. The summed E-state index contributed by atoms with van der Waals surface area (Å²) in [5.74, 6) is -1.97. The molecule has 2 rings (SSSR count). The lowest BCUT2D eigenvalue weighted by molar-refractivity contribution is -0.140. The van der Waals surface area contributed by atoms with Gasteiger partial charge in [0.25, 0.3) is 5.91 Å². The first-order valence-electron chi connectivity index (χ1n) is 7.19. The molecule has 1 atom stereocenters. The summed E-state index contributed by atoms with van der Waals surface area (Å²) in [5, 5.41) is 0. The fourth-order valence-corrected chi connectivity index (χ4v) is 2.81. The Morgan fingerprint density at radius 2 is 2.09 bits per heavy atom. The van der Waals surface area contributed by atoms with Gasteiger partial charge in [0, 0.05) is 13.1 Å². The number of alkyl halides is 3. The van der Waals surface area contributed by atoms with Gasteiger partial charge in [-0.25, -0.2) is 4.39 Å². The lowest BCUT2D eigenvalue weighted by Gasteiger charge is -2.33. The first-order chi connectivity index (χ1) is 10.3. The zero-order valence-corrected chi connectivity index (χ0v) is 12.0. The molecule has 0 spiro atoms. The van der Waals surface area contributed by atoms with E-state index in [1.165, 1.54) is 4.90 Å². The highest BCUT2D eigenvalue weighted by atomic mass is 19.4. The molecule has 7 heteroatoms. The monoisotopic (exact) mass is 318 g/mol. The molecule has 1 aliphatic heterocycles. The summed E-state index contributed by atoms with van der Waals surface area (Å²) in [7, 11) is 0. The van der Waals surface area contributed by atoms with E-state index in [0.717, 1.165) is 31.4 Å². The Hall–Kier alpha value is -1.63. The molecule has 22 heavy (non-hydrogen) atoms. The maximum Gasteiger partial charge on any atom is 0.419 e. The minimum Gasteiger partial charge on any atom is -0.338 e. The minimum absolute atomic E-state index is 0.219. The summed E-state index contributed by atoms with van der Waals surface area (Å²) in [4.78, 5) is 13.8. The Labute approximate surface area is 126 Å². The van der Waals surface area contributed by atoms with E-state index < -0.39 is 29.0 Å². The quantitative estimate of drug-likeness (QED) is 0.871. The van der Waals surface area contributed by atoms with E-state index in [1.807, 2.05) is 0 Å². The fraction of sp³-hybridized carbons (Fsp3) is 0.533. The van der Waals surface area contributed by atoms with Crippen LogP contribution >= 0.6 is 0 Å². The van der Waals surface area contributed by atoms with Gasteiger partial charge in [0.1, 0.15) is 5.82 Å². The van der Waals surface area contributed by atoms with Crippen LogP contribution in [0.5, 0.6) is 0 Å². The molecule has 0 radical (unpaired) electrons. The van der Waals surface area contributed by atoms with Gasteiger partial charge >= 0.3 is 6.18 Å². The van der Waals surface area contributed by atoms with Crippen LogP contribution in [0.2, 0.25) is 0 Å². The third kappa shape index (κ3) is 3.58. The van der Waals surface area contributed by atoms with Crippen molar-refractivity contribution in [3.8, 4) is 0 Å². The summed E-state index contributed by atoms with van der Waals surface area (Å²) in [6.45, 7) is 1.33. The Kier molecular flexibility index (Phi) is 5.05. The zero-order chi connectivity index (χ0) is 16.3. The molecule has 1 fully saturated rings. The number of nitrogens with zero attached hydrogens (tertiary/aromatic N) is 1. The second-order valence-electron chi connectivity index (χ2n) is 5.50. The molecule has 0 bridgehead atoms. The van der Waals surface area contributed by atoms with Crippen LogP contribution in [0, 0.1) is 11.7 Å². The van der Waals surface area contributed by atoms with Crippen molar-refractivity contribution < 1.29 is 22.4 Å². The van der Waals surface area contributed by atoms with Gasteiger partial charge in [-0.2, -0.15) is 13.2 Å². The largest absolute Gasteiger partial charge is 0.419 e. The topological polar surface area (TPSA) is 46.3 Å². The summed E-state index contributed by atoms with van der Waals surface area (Å²) in [6.07, 6.45) is -2.40. The summed E-state index contributed by atoms with van der Waals surface area (Å²) in [5.41, 5.74) is 3.56. The van der Waals surface area contributed by atoms with Crippen LogP contribution in [0.25, 0.3) is 0 Å². The number of likely N-dealkylation sites (tertiary alicyclic amines) is 1. The van der Waals surface area contributed by atoms with E-state index in [4.69, 9.17) is 5.73 Å². The predicted molar refractivity (Wildman–Crippen MR) is 73.7 cm³/mol. The average Bonchev–Trinajstić information content (AvgIpc) is 2.46. The standard InChI is InChI=1S/C15H18F4N2O/c16-13-11(4-1-5-12(13)15(17,18)19)14(22)21-8-2-3-10(9-21)6-7-20/h1,4-5,10H,2-3,6-9,20H2. The Bertz CT molecular complexity index is 543. The van der Waals surface area contributed by atoms with Crippen molar-refractivity contribution in [2.45, 2.75) is 25.4 Å². The molecule has 1 heterocycles. The molecule has 1 aromatic carbocycles. The Morgan fingerprint density at radius 1 is 1.36 bits per heavy atom. The molecule has 2 N–H and O–H groups in total. The molecule has 3 nitrogen and oxygen atoms in total. The van der Waals surface area contributed by atoms with Crippen LogP contribution in [0.4, 0.5) is 17.6 Å². The molecule has 0 saturated carbocycles. The number of carbonyl (C=O) groups excluding carboxylic acids is 1. The molecular formula is C15H18F4N2O. The van der Waals surface area contributed by atoms with Crippen LogP contribution in [0.3, 0.4) is 0 Å². The van der Waals surface area contributed by atoms with Gasteiger partial charge in [-0.3, -0.25) is 4.79 Å². The highest BCUT2D eigenvalue weighted by Crippen LogP contribution is 2.33. The number of benzene rings is 1. The predicted octanol–water partition coefficient (Wildman–Crippen LogP) is 3.05. The first-order valence-corrected chi connectivity index (χ1v) is 7.19. The van der Waals surface area contributed by atoms with Crippen molar-refractivity contribution in [3.63, 3.8) is 0 Å². The Morgan fingerprint density at radius 3 is 2.73 bits per heavy atom. The van der Waals surface area contributed by atoms with E-state index in [0.29, 0.717) is 25.7 Å². The maximum atomic E-state index is 14.0. The molecule has 1 amide bonds. The highest BCUT2D eigenvalue weighted by molar-refractivity contribution is 5.94. The molecule has 1 saturated heterocycles.